The molecule has 30 heavy (non-hydrogen) atoms. The van der Waals surface area contributed by atoms with Crippen LogP contribution >= 0.6 is 0 Å². The zero-order chi connectivity index (χ0) is 21.9. The SMILES string of the molecule is COc1ccc2[nH]cc(C(CC(=O)NCC(C)C)c3cccc(C(F)(F)F)c3)c2c1. The second kappa shape index (κ2) is 8.81. The van der Waals surface area contributed by atoms with Crippen LogP contribution in [0.5, 0.6) is 5.75 Å². The number of ether oxygens (including phenoxy) is 1. The number of nitrogens with one attached hydrogen (secondary N) is 2. The van der Waals surface area contributed by atoms with E-state index in [4.69, 9.17) is 4.74 Å². The lowest BCUT2D eigenvalue weighted by atomic mass is 9.87. The lowest BCUT2D eigenvalue weighted by Crippen LogP contribution is -2.28. The number of benzene rings is 2. The number of halogens is 3. The van der Waals surface area contributed by atoms with Crippen molar-refractivity contribution >= 4 is 16.8 Å². The van der Waals surface area contributed by atoms with Crippen molar-refractivity contribution in [3.05, 3.63) is 65.4 Å². The Morgan fingerprint density at radius 1 is 1.17 bits per heavy atom. The van der Waals surface area contributed by atoms with Crippen LogP contribution in [0.3, 0.4) is 0 Å². The van der Waals surface area contributed by atoms with Crippen LogP contribution in [-0.4, -0.2) is 24.5 Å². The van der Waals surface area contributed by atoms with Crippen LogP contribution in [0.15, 0.2) is 48.7 Å². The monoisotopic (exact) mass is 418 g/mol. The molecule has 160 valence electrons. The Kier molecular flexibility index (Phi) is 6.39. The molecule has 0 spiro atoms. The quantitative estimate of drug-likeness (QED) is 0.533. The first-order chi connectivity index (χ1) is 14.2. The number of alkyl halides is 3. The third kappa shape index (κ3) is 4.96. The van der Waals surface area contributed by atoms with E-state index in [1.807, 2.05) is 26.0 Å². The molecule has 0 saturated heterocycles. The fourth-order valence-electron chi connectivity index (χ4n) is 3.45. The van der Waals surface area contributed by atoms with Gasteiger partial charge in [-0.05, 0) is 41.3 Å². The van der Waals surface area contributed by atoms with Gasteiger partial charge >= 0.3 is 6.18 Å². The fourth-order valence-corrected chi connectivity index (χ4v) is 3.45. The molecule has 1 atom stereocenters. The van der Waals surface area contributed by atoms with Crippen molar-refractivity contribution in [2.45, 2.75) is 32.4 Å². The van der Waals surface area contributed by atoms with Gasteiger partial charge in [-0.25, -0.2) is 0 Å². The number of fused-ring (bicyclic) bond motifs is 1. The summed E-state index contributed by atoms with van der Waals surface area (Å²) in [7, 11) is 1.55. The van der Waals surface area contributed by atoms with Crippen LogP contribution in [0, 0.1) is 5.92 Å². The largest absolute Gasteiger partial charge is 0.497 e. The van der Waals surface area contributed by atoms with E-state index in [9.17, 15) is 18.0 Å². The third-order valence-electron chi connectivity index (χ3n) is 5.01. The van der Waals surface area contributed by atoms with E-state index in [0.717, 1.165) is 28.6 Å². The fraction of sp³-hybridized carbons (Fsp3) is 0.348. The molecule has 3 aromatic rings. The Labute approximate surface area is 173 Å². The van der Waals surface area contributed by atoms with Crippen molar-refractivity contribution in [1.82, 2.24) is 10.3 Å². The number of H-pyrrole nitrogens is 1. The van der Waals surface area contributed by atoms with Crippen molar-refractivity contribution in [2.75, 3.05) is 13.7 Å². The summed E-state index contributed by atoms with van der Waals surface area (Å²) in [4.78, 5) is 15.7. The molecule has 0 aliphatic rings. The molecule has 2 aromatic carbocycles. The first-order valence-electron chi connectivity index (χ1n) is 9.78. The van der Waals surface area contributed by atoms with Gasteiger partial charge in [-0.1, -0.05) is 32.0 Å². The minimum Gasteiger partial charge on any atom is -0.497 e. The summed E-state index contributed by atoms with van der Waals surface area (Å²) in [5, 5.41) is 3.68. The number of methoxy groups -OCH3 is 1. The molecule has 2 N–H and O–H groups in total. The highest BCUT2D eigenvalue weighted by Crippen LogP contribution is 2.37. The standard InChI is InChI=1S/C23H25F3N2O2/c1-14(2)12-28-22(29)11-18(15-5-4-6-16(9-15)23(24,25)26)20-13-27-21-8-7-17(30-3)10-19(20)21/h4-10,13-14,18,27H,11-12H2,1-3H3,(H,28,29). The Balaban J connectivity index is 2.06. The molecular formula is C23H25F3N2O2. The van der Waals surface area contributed by atoms with Gasteiger partial charge in [-0.3, -0.25) is 4.79 Å². The van der Waals surface area contributed by atoms with Crippen molar-refractivity contribution in [1.29, 1.82) is 0 Å². The number of aromatic nitrogens is 1. The maximum Gasteiger partial charge on any atom is 0.416 e. The van der Waals surface area contributed by atoms with Crippen molar-refractivity contribution in [3.63, 3.8) is 0 Å². The average Bonchev–Trinajstić information content (AvgIpc) is 3.12. The number of carbonyl (C=O) groups is 1. The van der Waals surface area contributed by atoms with E-state index < -0.39 is 17.7 Å². The first-order valence-corrected chi connectivity index (χ1v) is 9.78. The van der Waals surface area contributed by atoms with E-state index >= 15 is 0 Å². The second-order valence-electron chi connectivity index (χ2n) is 7.73. The number of aromatic amines is 1. The van der Waals surface area contributed by atoms with Gasteiger partial charge in [0.25, 0.3) is 0 Å². The highest BCUT2D eigenvalue weighted by molar-refractivity contribution is 5.87. The zero-order valence-corrected chi connectivity index (χ0v) is 17.1. The number of hydrogen-bond donors (Lipinski definition) is 2. The predicted molar refractivity (Wildman–Crippen MR) is 111 cm³/mol. The highest BCUT2D eigenvalue weighted by Gasteiger charge is 2.32. The molecule has 0 fully saturated rings. The Morgan fingerprint density at radius 3 is 2.60 bits per heavy atom. The normalized spacial score (nSPS) is 12.9. The van der Waals surface area contributed by atoms with Crippen molar-refractivity contribution in [3.8, 4) is 5.75 Å². The second-order valence-corrected chi connectivity index (χ2v) is 7.73. The van der Waals surface area contributed by atoms with Gasteiger partial charge in [0.2, 0.25) is 5.91 Å². The summed E-state index contributed by atoms with van der Waals surface area (Å²) in [5.41, 5.74) is 1.28. The molecule has 7 heteroatoms. The smallest absolute Gasteiger partial charge is 0.416 e. The van der Waals surface area contributed by atoms with Crippen LogP contribution in [-0.2, 0) is 11.0 Å². The van der Waals surface area contributed by atoms with Gasteiger partial charge in [0, 0.05) is 36.0 Å². The molecule has 1 heterocycles. The average molecular weight is 418 g/mol. The lowest BCUT2D eigenvalue weighted by Gasteiger charge is -2.19. The number of rotatable bonds is 7. The van der Waals surface area contributed by atoms with E-state index in [0.29, 0.717) is 17.9 Å². The molecule has 1 amide bonds. The molecule has 0 aliphatic carbocycles. The minimum absolute atomic E-state index is 0.0399. The van der Waals surface area contributed by atoms with Crippen molar-refractivity contribution < 1.29 is 22.7 Å². The first kappa shape index (κ1) is 21.7. The molecule has 4 nitrogen and oxygen atoms in total. The van der Waals surface area contributed by atoms with Gasteiger partial charge in [-0.15, -0.1) is 0 Å². The molecular weight excluding hydrogens is 393 g/mol. The van der Waals surface area contributed by atoms with E-state index in [2.05, 4.69) is 10.3 Å². The number of amides is 1. The molecule has 0 saturated carbocycles. The van der Waals surface area contributed by atoms with Gasteiger partial charge in [0.15, 0.2) is 0 Å². The maximum absolute atomic E-state index is 13.3. The zero-order valence-electron chi connectivity index (χ0n) is 17.1. The summed E-state index contributed by atoms with van der Waals surface area (Å²) in [6.45, 7) is 4.48. The van der Waals surface area contributed by atoms with Crippen molar-refractivity contribution in [2.24, 2.45) is 5.92 Å². The lowest BCUT2D eigenvalue weighted by molar-refractivity contribution is -0.137. The van der Waals surface area contributed by atoms with Gasteiger partial charge in [0.1, 0.15) is 5.75 Å². The van der Waals surface area contributed by atoms with Crippen LogP contribution in [0.25, 0.3) is 10.9 Å². The van der Waals surface area contributed by atoms with Crippen LogP contribution in [0.1, 0.15) is 42.9 Å². The number of hydrogen-bond acceptors (Lipinski definition) is 2. The van der Waals surface area contributed by atoms with Gasteiger partial charge in [-0.2, -0.15) is 13.2 Å². The molecule has 0 aliphatic heterocycles. The Bertz CT molecular complexity index is 1020. The van der Waals surface area contributed by atoms with E-state index in [1.54, 1.807) is 25.4 Å². The minimum atomic E-state index is -4.45. The number of carbonyl (C=O) groups excluding carboxylic acids is 1. The maximum atomic E-state index is 13.3. The highest BCUT2D eigenvalue weighted by atomic mass is 19.4. The van der Waals surface area contributed by atoms with Gasteiger partial charge < -0.3 is 15.0 Å². The summed E-state index contributed by atoms with van der Waals surface area (Å²) in [6.07, 6.45) is -2.66. The molecule has 3 rings (SSSR count). The van der Waals surface area contributed by atoms with E-state index in [-0.39, 0.29) is 18.2 Å². The van der Waals surface area contributed by atoms with Crippen LogP contribution in [0.4, 0.5) is 13.2 Å². The molecule has 1 unspecified atom stereocenters. The summed E-state index contributed by atoms with van der Waals surface area (Å²) in [6, 6.07) is 10.7. The van der Waals surface area contributed by atoms with Gasteiger partial charge in [0.05, 0.1) is 12.7 Å². The topological polar surface area (TPSA) is 54.1 Å². The third-order valence-corrected chi connectivity index (χ3v) is 5.01. The molecule has 0 bridgehead atoms. The summed E-state index contributed by atoms with van der Waals surface area (Å²) >= 11 is 0. The summed E-state index contributed by atoms with van der Waals surface area (Å²) in [5.74, 6) is 0.164. The molecule has 1 aromatic heterocycles. The van der Waals surface area contributed by atoms with Crippen LogP contribution in [0.2, 0.25) is 0 Å². The van der Waals surface area contributed by atoms with E-state index in [1.165, 1.54) is 6.07 Å². The summed E-state index contributed by atoms with van der Waals surface area (Å²) < 4.78 is 45.2. The predicted octanol–water partition coefficient (Wildman–Crippen LogP) is 5.49. The van der Waals surface area contributed by atoms with Crippen LogP contribution < -0.4 is 10.1 Å². The molecule has 0 radical (unpaired) electrons. The Morgan fingerprint density at radius 2 is 1.93 bits per heavy atom. The Hall–Kier alpha value is -2.96.